The summed E-state index contributed by atoms with van der Waals surface area (Å²) in [7, 11) is 0. The Morgan fingerprint density at radius 1 is 1.00 bits per heavy atom. The molecule has 2 aromatic rings. The number of benzene rings is 2. The molecule has 1 saturated heterocycles. The summed E-state index contributed by atoms with van der Waals surface area (Å²) in [5.74, 6) is -1.45. The predicted molar refractivity (Wildman–Crippen MR) is 103 cm³/mol. The number of imide groups is 2. The van der Waals surface area contributed by atoms with Crippen LogP contribution in [-0.2, 0) is 9.59 Å². The molecular formula is C19H14Cl2N2O4. The first-order valence-corrected chi connectivity index (χ1v) is 8.61. The van der Waals surface area contributed by atoms with Gasteiger partial charge < -0.3 is 5.11 Å². The maximum Gasteiger partial charge on any atom is 0.335 e. The average molecular weight is 405 g/mol. The number of phenolic OH excluding ortho intramolecular Hbond substituents is 1. The third kappa shape index (κ3) is 3.54. The number of amides is 4. The Morgan fingerprint density at radius 2 is 1.63 bits per heavy atom. The van der Waals surface area contributed by atoms with Crippen molar-refractivity contribution in [2.45, 2.75) is 13.8 Å². The van der Waals surface area contributed by atoms with Crippen LogP contribution in [0.4, 0.5) is 10.5 Å². The van der Waals surface area contributed by atoms with Gasteiger partial charge >= 0.3 is 6.03 Å². The van der Waals surface area contributed by atoms with Crippen molar-refractivity contribution in [1.29, 1.82) is 0 Å². The van der Waals surface area contributed by atoms with Gasteiger partial charge in [0, 0.05) is 0 Å². The molecule has 1 aliphatic heterocycles. The van der Waals surface area contributed by atoms with Gasteiger partial charge in [-0.05, 0) is 66.9 Å². The number of barbiturate groups is 1. The largest absolute Gasteiger partial charge is 0.507 e. The van der Waals surface area contributed by atoms with Crippen LogP contribution in [0.5, 0.6) is 5.75 Å². The highest BCUT2D eigenvalue weighted by Crippen LogP contribution is 2.30. The highest BCUT2D eigenvalue weighted by molar-refractivity contribution is 6.43. The molecule has 0 aromatic heterocycles. The molecule has 4 amide bonds. The van der Waals surface area contributed by atoms with Crippen molar-refractivity contribution in [2.24, 2.45) is 0 Å². The van der Waals surface area contributed by atoms with E-state index in [1.807, 2.05) is 0 Å². The van der Waals surface area contributed by atoms with Gasteiger partial charge in [0.1, 0.15) is 11.3 Å². The van der Waals surface area contributed by atoms with Crippen LogP contribution in [0.15, 0.2) is 35.9 Å². The molecule has 8 heteroatoms. The summed E-state index contributed by atoms with van der Waals surface area (Å²) in [6.07, 6.45) is 1.37. The Bertz CT molecular complexity index is 1010. The summed E-state index contributed by atoms with van der Waals surface area (Å²) >= 11 is 11.8. The summed E-state index contributed by atoms with van der Waals surface area (Å²) in [5.41, 5.74) is 1.71. The van der Waals surface area contributed by atoms with Crippen LogP contribution in [-0.4, -0.2) is 23.0 Å². The average Bonchev–Trinajstić information content (AvgIpc) is 2.59. The fraction of sp³-hybridized carbons (Fsp3) is 0.105. The molecule has 1 heterocycles. The Hall–Kier alpha value is -2.83. The quantitative estimate of drug-likeness (QED) is 0.585. The third-order valence-electron chi connectivity index (χ3n) is 4.09. The van der Waals surface area contributed by atoms with Crippen molar-refractivity contribution in [1.82, 2.24) is 5.32 Å². The van der Waals surface area contributed by atoms with Crippen LogP contribution in [0, 0.1) is 13.8 Å². The number of urea groups is 1. The molecule has 0 aliphatic carbocycles. The topological polar surface area (TPSA) is 86.7 Å². The first kappa shape index (κ1) is 18.9. The number of phenols is 1. The molecule has 0 unspecified atom stereocenters. The van der Waals surface area contributed by atoms with Crippen molar-refractivity contribution < 1.29 is 19.5 Å². The lowest BCUT2D eigenvalue weighted by atomic mass is 10.0. The molecule has 6 nitrogen and oxygen atoms in total. The van der Waals surface area contributed by atoms with Gasteiger partial charge in [0.05, 0.1) is 15.7 Å². The Kier molecular flexibility index (Phi) is 4.95. The Morgan fingerprint density at radius 3 is 2.22 bits per heavy atom. The van der Waals surface area contributed by atoms with Gasteiger partial charge in [-0.2, -0.15) is 0 Å². The summed E-state index contributed by atoms with van der Waals surface area (Å²) in [6, 6.07) is 6.66. The number of nitrogens with zero attached hydrogens (tertiary/aromatic N) is 1. The lowest BCUT2D eigenvalue weighted by Gasteiger charge is -2.26. The van der Waals surface area contributed by atoms with E-state index >= 15 is 0 Å². The van der Waals surface area contributed by atoms with E-state index in [9.17, 15) is 19.5 Å². The summed E-state index contributed by atoms with van der Waals surface area (Å²) < 4.78 is 0. The van der Waals surface area contributed by atoms with Gasteiger partial charge in [0.2, 0.25) is 0 Å². The number of hydrogen-bond donors (Lipinski definition) is 2. The second-order valence-electron chi connectivity index (χ2n) is 6.06. The van der Waals surface area contributed by atoms with Gasteiger partial charge in [-0.1, -0.05) is 23.2 Å². The van der Waals surface area contributed by atoms with Gasteiger partial charge in [0.25, 0.3) is 11.8 Å². The van der Waals surface area contributed by atoms with Crippen molar-refractivity contribution in [3.05, 3.63) is 62.6 Å². The Labute approximate surface area is 165 Å². The molecule has 2 N–H and O–H groups in total. The molecule has 0 spiro atoms. The van der Waals surface area contributed by atoms with E-state index in [1.165, 1.54) is 24.3 Å². The first-order valence-electron chi connectivity index (χ1n) is 7.85. The maximum atomic E-state index is 12.8. The van der Waals surface area contributed by atoms with Crippen LogP contribution >= 0.6 is 23.2 Å². The fourth-order valence-corrected chi connectivity index (χ4v) is 3.05. The molecule has 27 heavy (non-hydrogen) atoms. The Balaban J connectivity index is 2.06. The molecule has 3 rings (SSSR count). The number of anilines is 1. The van der Waals surface area contributed by atoms with Crippen LogP contribution in [0.2, 0.25) is 10.0 Å². The summed E-state index contributed by atoms with van der Waals surface area (Å²) in [6.45, 7) is 3.41. The van der Waals surface area contributed by atoms with Crippen LogP contribution in [0.1, 0.15) is 16.7 Å². The first-order chi connectivity index (χ1) is 12.7. The molecule has 2 aromatic carbocycles. The van der Waals surface area contributed by atoms with E-state index in [4.69, 9.17) is 23.2 Å². The smallest absolute Gasteiger partial charge is 0.335 e. The zero-order chi connectivity index (χ0) is 19.9. The number of halogens is 2. The van der Waals surface area contributed by atoms with E-state index in [1.54, 1.807) is 26.0 Å². The molecule has 0 bridgehead atoms. The van der Waals surface area contributed by atoms with Crippen LogP contribution in [0.3, 0.4) is 0 Å². The molecular weight excluding hydrogens is 391 g/mol. The van der Waals surface area contributed by atoms with Gasteiger partial charge in [-0.15, -0.1) is 0 Å². The van der Waals surface area contributed by atoms with E-state index in [-0.39, 0.29) is 27.1 Å². The van der Waals surface area contributed by atoms with Crippen molar-refractivity contribution in [2.75, 3.05) is 4.90 Å². The minimum absolute atomic E-state index is 0.143. The number of carbonyl (C=O) groups is 3. The number of aromatic hydroxyl groups is 1. The minimum atomic E-state index is -0.876. The maximum absolute atomic E-state index is 12.8. The monoisotopic (exact) mass is 404 g/mol. The van der Waals surface area contributed by atoms with Gasteiger partial charge in [-0.3, -0.25) is 14.9 Å². The third-order valence-corrected chi connectivity index (χ3v) is 4.83. The zero-order valence-corrected chi connectivity index (χ0v) is 15.9. The highest BCUT2D eigenvalue weighted by atomic mass is 35.5. The number of carbonyl (C=O) groups excluding carboxylic acids is 3. The lowest BCUT2D eigenvalue weighted by Crippen LogP contribution is -2.54. The van der Waals surface area contributed by atoms with Gasteiger partial charge in [-0.25, -0.2) is 9.69 Å². The number of rotatable bonds is 2. The zero-order valence-electron chi connectivity index (χ0n) is 14.3. The minimum Gasteiger partial charge on any atom is -0.507 e. The van der Waals surface area contributed by atoms with Gasteiger partial charge in [0.15, 0.2) is 0 Å². The van der Waals surface area contributed by atoms with E-state index < -0.39 is 17.8 Å². The van der Waals surface area contributed by atoms with E-state index in [0.29, 0.717) is 16.7 Å². The second-order valence-corrected chi connectivity index (χ2v) is 6.87. The molecule has 0 atom stereocenters. The number of aryl methyl sites for hydroxylation is 2. The molecule has 0 saturated carbocycles. The SMILES string of the molecule is Cc1cc(/C=C2\C(=O)NC(=O)N(c3ccc(Cl)c(Cl)c3)C2=O)cc(C)c1O. The van der Waals surface area contributed by atoms with Crippen LogP contribution in [0.25, 0.3) is 6.08 Å². The molecule has 1 fully saturated rings. The van der Waals surface area contributed by atoms with Crippen LogP contribution < -0.4 is 10.2 Å². The van der Waals surface area contributed by atoms with Crippen molar-refractivity contribution in [3.8, 4) is 5.75 Å². The summed E-state index contributed by atoms with van der Waals surface area (Å²) in [4.78, 5) is 38.1. The predicted octanol–water partition coefficient (Wildman–Crippen LogP) is 3.98. The number of hydrogen-bond acceptors (Lipinski definition) is 4. The van der Waals surface area contributed by atoms with Crippen molar-refractivity contribution in [3.63, 3.8) is 0 Å². The fourth-order valence-electron chi connectivity index (χ4n) is 2.76. The van der Waals surface area contributed by atoms with E-state index in [0.717, 1.165) is 4.90 Å². The second kappa shape index (κ2) is 7.06. The number of nitrogens with one attached hydrogen (secondary N) is 1. The normalized spacial score (nSPS) is 16.1. The lowest BCUT2D eigenvalue weighted by molar-refractivity contribution is -0.122. The highest BCUT2D eigenvalue weighted by Gasteiger charge is 2.37. The summed E-state index contributed by atoms with van der Waals surface area (Å²) in [5, 5.41) is 12.4. The molecule has 1 aliphatic rings. The molecule has 138 valence electrons. The van der Waals surface area contributed by atoms with E-state index in [2.05, 4.69) is 5.32 Å². The standard InChI is InChI=1S/C19H14Cl2N2O4/c1-9-5-11(6-10(2)16(9)24)7-13-17(25)22-19(27)23(18(13)26)12-3-4-14(20)15(21)8-12/h3-8,24H,1-2H3,(H,22,25,27)/b13-7+. The molecule has 0 radical (unpaired) electrons. The van der Waals surface area contributed by atoms with Crippen molar-refractivity contribution >= 4 is 52.8 Å².